The van der Waals surface area contributed by atoms with Crippen LogP contribution in [-0.2, 0) is 9.47 Å². The van der Waals surface area contributed by atoms with Crippen molar-refractivity contribution in [3.63, 3.8) is 0 Å². The second-order valence-corrected chi connectivity index (χ2v) is 3.08. The van der Waals surface area contributed by atoms with Crippen molar-refractivity contribution in [2.75, 3.05) is 14.2 Å². The van der Waals surface area contributed by atoms with Gasteiger partial charge in [-0.3, -0.25) is 0 Å². The zero-order valence-electron chi connectivity index (χ0n) is 10.0. The minimum absolute atomic E-state index is 0.0681. The van der Waals surface area contributed by atoms with E-state index in [1.54, 1.807) is 0 Å². The molecular formula is C11H10O8. The Morgan fingerprint density at radius 3 is 2.11 bits per heavy atom. The third kappa shape index (κ3) is 3.87. The Morgan fingerprint density at radius 1 is 1.00 bits per heavy atom. The van der Waals surface area contributed by atoms with Gasteiger partial charge in [0.05, 0.1) is 14.2 Å². The first-order valence-electron chi connectivity index (χ1n) is 4.87. The molecular weight excluding hydrogens is 260 g/mol. The molecule has 0 aliphatic carbocycles. The summed E-state index contributed by atoms with van der Waals surface area (Å²) in [7, 11) is 2.19. The van der Waals surface area contributed by atoms with E-state index >= 15 is 0 Å². The van der Waals surface area contributed by atoms with Gasteiger partial charge in [0.2, 0.25) is 0 Å². The van der Waals surface area contributed by atoms with Crippen LogP contribution in [0.3, 0.4) is 0 Å². The second-order valence-electron chi connectivity index (χ2n) is 3.08. The van der Waals surface area contributed by atoms with Gasteiger partial charge in [0.15, 0.2) is 0 Å². The summed E-state index contributed by atoms with van der Waals surface area (Å²) in [6, 6.07) is 3.40. The number of benzene rings is 1. The van der Waals surface area contributed by atoms with Gasteiger partial charge >= 0.3 is 18.3 Å². The molecule has 8 heteroatoms. The maximum atomic E-state index is 11.0. The summed E-state index contributed by atoms with van der Waals surface area (Å²) in [4.78, 5) is 32.8. The predicted molar refractivity (Wildman–Crippen MR) is 59.5 cm³/mol. The summed E-state index contributed by atoms with van der Waals surface area (Å²) in [5, 5.41) is 8.96. The molecule has 0 saturated carbocycles. The summed E-state index contributed by atoms with van der Waals surface area (Å²) >= 11 is 0. The topological polar surface area (TPSA) is 108 Å². The van der Waals surface area contributed by atoms with Crippen molar-refractivity contribution < 1.29 is 38.4 Å². The molecule has 0 fully saturated rings. The van der Waals surface area contributed by atoms with Crippen molar-refractivity contribution in [2.24, 2.45) is 0 Å². The maximum Gasteiger partial charge on any atom is 0.513 e. The van der Waals surface area contributed by atoms with Gasteiger partial charge in [-0.1, -0.05) is 0 Å². The Kier molecular flexibility index (Phi) is 4.69. The highest BCUT2D eigenvalue weighted by Crippen LogP contribution is 2.25. The standard InChI is InChI=1S/C11H10O8/c1-16-10(14)18-6-3-4-8(19-11(15)17-2)7(5-6)9(12)13/h3-5H,1-2H3,(H,12,13). The van der Waals surface area contributed by atoms with E-state index in [1.807, 2.05) is 0 Å². The molecule has 0 bridgehead atoms. The van der Waals surface area contributed by atoms with Crippen LogP contribution in [0.1, 0.15) is 10.4 Å². The van der Waals surface area contributed by atoms with Crippen LogP contribution < -0.4 is 9.47 Å². The van der Waals surface area contributed by atoms with Crippen molar-refractivity contribution in [1.29, 1.82) is 0 Å². The Labute approximate surface area is 107 Å². The Balaban J connectivity index is 3.04. The van der Waals surface area contributed by atoms with Gasteiger partial charge in [-0.25, -0.2) is 14.4 Å². The summed E-state index contributed by atoms with van der Waals surface area (Å²) < 4.78 is 17.8. The fourth-order valence-corrected chi connectivity index (χ4v) is 1.10. The van der Waals surface area contributed by atoms with E-state index in [0.717, 1.165) is 26.4 Å². The maximum absolute atomic E-state index is 11.0. The van der Waals surface area contributed by atoms with Gasteiger partial charge in [0.1, 0.15) is 17.1 Å². The first-order chi connectivity index (χ1) is 8.97. The Morgan fingerprint density at radius 2 is 1.58 bits per heavy atom. The summed E-state index contributed by atoms with van der Waals surface area (Å²) in [6.07, 6.45) is -2.07. The second kappa shape index (κ2) is 6.24. The molecule has 1 aromatic carbocycles. The van der Waals surface area contributed by atoms with Crippen molar-refractivity contribution in [3.05, 3.63) is 23.8 Å². The van der Waals surface area contributed by atoms with Gasteiger partial charge in [0.25, 0.3) is 0 Å². The molecule has 0 aliphatic heterocycles. The molecule has 0 amide bonds. The number of methoxy groups -OCH3 is 2. The molecule has 0 spiro atoms. The highest BCUT2D eigenvalue weighted by Gasteiger charge is 2.17. The molecule has 1 N–H and O–H groups in total. The van der Waals surface area contributed by atoms with Gasteiger partial charge in [-0.15, -0.1) is 0 Å². The van der Waals surface area contributed by atoms with Gasteiger partial charge in [-0.05, 0) is 18.2 Å². The van der Waals surface area contributed by atoms with E-state index in [-0.39, 0.29) is 17.1 Å². The zero-order chi connectivity index (χ0) is 14.4. The van der Waals surface area contributed by atoms with Gasteiger partial charge < -0.3 is 24.1 Å². The van der Waals surface area contributed by atoms with Gasteiger partial charge in [-0.2, -0.15) is 0 Å². The molecule has 0 unspecified atom stereocenters. The quantitative estimate of drug-likeness (QED) is 0.652. The number of carboxylic acids is 1. The van der Waals surface area contributed by atoms with Crippen LogP contribution in [0.2, 0.25) is 0 Å². The fourth-order valence-electron chi connectivity index (χ4n) is 1.10. The van der Waals surface area contributed by atoms with Crippen LogP contribution in [0.15, 0.2) is 18.2 Å². The number of carbonyl (C=O) groups excluding carboxylic acids is 2. The SMILES string of the molecule is COC(=O)Oc1ccc(OC(=O)OC)c(C(=O)O)c1. The molecule has 19 heavy (non-hydrogen) atoms. The third-order valence-corrected chi connectivity index (χ3v) is 1.91. The van der Waals surface area contributed by atoms with Crippen molar-refractivity contribution in [2.45, 2.75) is 0 Å². The predicted octanol–water partition coefficient (Wildman–Crippen LogP) is 1.68. The van der Waals surface area contributed by atoms with Crippen LogP contribution in [-0.4, -0.2) is 37.6 Å². The van der Waals surface area contributed by atoms with Crippen molar-refractivity contribution in [1.82, 2.24) is 0 Å². The van der Waals surface area contributed by atoms with E-state index in [4.69, 9.17) is 5.11 Å². The van der Waals surface area contributed by atoms with Crippen molar-refractivity contribution >= 4 is 18.3 Å². The molecule has 1 rings (SSSR count). The lowest BCUT2D eigenvalue weighted by Crippen LogP contribution is -2.12. The largest absolute Gasteiger partial charge is 0.513 e. The van der Waals surface area contributed by atoms with Crippen LogP contribution in [0.5, 0.6) is 11.5 Å². The van der Waals surface area contributed by atoms with E-state index in [1.165, 1.54) is 6.07 Å². The first kappa shape index (κ1) is 14.3. The Bertz CT molecular complexity index is 507. The monoisotopic (exact) mass is 270 g/mol. The number of hydrogen-bond acceptors (Lipinski definition) is 7. The normalized spacial score (nSPS) is 9.37. The highest BCUT2D eigenvalue weighted by molar-refractivity contribution is 5.92. The van der Waals surface area contributed by atoms with E-state index in [9.17, 15) is 14.4 Å². The highest BCUT2D eigenvalue weighted by atomic mass is 16.7. The average Bonchev–Trinajstić information content (AvgIpc) is 2.39. The number of carbonyl (C=O) groups is 3. The number of carboxylic acid groups (broad SMARTS) is 1. The lowest BCUT2D eigenvalue weighted by molar-refractivity contribution is 0.0690. The minimum Gasteiger partial charge on any atom is -0.478 e. The van der Waals surface area contributed by atoms with Gasteiger partial charge in [0, 0.05) is 0 Å². The minimum atomic E-state index is -1.37. The number of rotatable bonds is 3. The fraction of sp³-hybridized carbons (Fsp3) is 0.182. The van der Waals surface area contributed by atoms with Crippen molar-refractivity contribution in [3.8, 4) is 11.5 Å². The van der Waals surface area contributed by atoms with E-state index in [0.29, 0.717) is 0 Å². The van der Waals surface area contributed by atoms with Crippen LogP contribution in [0.4, 0.5) is 9.59 Å². The molecule has 0 heterocycles. The molecule has 0 aliphatic rings. The first-order valence-corrected chi connectivity index (χ1v) is 4.87. The lowest BCUT2D eigenvalue weighted by Gasteiger charge is -2.08. The Hall–Kier alpha value is -2.77. The number of hydrogen-bond donors (Lipinski definition) is 1. The van der Waals surface area contributed by atoms with E-state index in [2.05, 4.69) is 18.9 Å². The lowest BCUT2D eigenvalue weighted by atomic mass is 10.2. The van der Waals surface area contributed by atoms with Crippen LogP contribution in [0.25, 0.3) is 0 Å². The van der Waals surface area contributed by atoms with Crippen LogP contribution in [0, 0.1) is 0 Å². The smallest absolute Gasteiger partial charge is 0.478 e. The molecule has 102 valence electrons. The summed E-state index contributed by atoms with van der Waals surface area (Å²) in [5.74, 6) is -1.67. The zero-order valence-corrected chi connectivity index (χ0v) is 10.0. The molecule has 8 nitrogen and oxygen atoms in total. The molecule has 0 aromatic heterocycles. The molecule has 0 atom stereocenters. The number of aromatic carboxylic acids is 1. The molecule has 0 saturated heterocycles. The summed E-state index contributed by atoms with van der Waals surface area (Å²) in [6.45, 7) is 0. The van der Waals surface area contributed by atoms with Crippen LogP contribution >= 0.6 is 0 Å². The average molecular weight is 270 g/mol. The molecule has 1 aromatic rings. The third-order valence-electron chi connectivity index (χ3n) is 1.91. The summed E-state index contributed by atoms with van der Waals surface area (Å²) in [5.41, 5.74) is -0.369. The number of ether oxygens (including phenoxy) is 4. The van der Waals surface area contributed by atoms with E-state index < -0.39 is 18.3 Å². The molecule has 0 radical (unpaired) electrons.